The lowest BCUT2D eigenvalue weighted by atomic mass is 10.2. The van der Waals surface area contributed by atoms with Gasteiger partial charge >= 0.3 is 0 Å². The Morgan fingerprint density at radius 3 is 2.67 bits per heavy atom. The third-order valence-corrected chi connectivity index (χ3v) is 0.997. The largest absolute Gasteiger partial charge is 0.0991 e. The summed E-state index contributed by atoms with van der Waals surface area (Å²) in [5, 5.41) is 0. The van der Waals surface area contributed by atoms with Crippen LogP contribution in [0.4, 0.5) is 0 Å². The Hall–Kier alpha value is -0.780. The SMILES string of the molecule is C=C/C=C(/C)C=CCC. The topological polar surface area (TPSA) is 0 Å². The highest BCUT2D eigenvalue weighted by Gasteiger charge is 1.73. The zero-order valence-corrected chi connectivity index (χ0v) is 6.22. The van der Waals surface area contributed by atoms with E-state index in [-0.39, 0.29) is 0 Å². The minimum absolute atomic E-state index is 1.10. The molecule has 0 N–H and O–H groups in total. The predicted octanol–water partition coefficient (Wildman–Crippen LogP) is 3.08. The molecule has 0 saturated carbocycles. The van der Waals surface area contributed by atoms with Crippen LogP contribution in [-0.2, 0) is 0 Å². The van der Waals surface area contributed by atoms with E-state index in [1.54, 1.807) is 6.08 Å². The van der Waals surface area contributed by atoms with Crippen molar-refractivity contribution in [1.82, 2.24) is 0 Å². The number of rotatable bonds is 3. The van der Waals surface area contributed by atoms with Crippen LogP contribution in [0.2, 0.25) is 0 Å². The summed E-state index contributed by atoms with van der Waals surface area (Å²) < 4.78 is 0. The maximum atomic E-state index is 3.60. The summed E-state index contributed by atoms with van der Waals surface area (Å²) in [5.74, 6) is 0. The smallest absolute Gasteiger partial charge is 0.0376 e. The molecular formula is C9H14. The van der Waals surface area contributed by atoms with E-state index in [9.17, 15) is 0 Å². The zero-order valence-electron chi connectivity index (χ0n) is 6.22. The van der Waals surface area contributed by atoms with Gasteiger partial charge in [0.1, 0.15) is 0 Å². The maximum absolute atomic E-state index is 3.60. The van der Waals surface area contributed by atoms with Crippen molar-refractivity contribution in [2.75, 3.05) is 0 Å². The summed E-state index contributed by atoms with van der Waals surface area (Å²) >= 11 is 0. The highest BCUT2D eigenvalue weighted by Crippen LogP contribution is 1.95. The molecule has 0 bridgehead atoms. The second-order valence-electron chi connectivity index (χ2n) is 1.96. The third-order valence-electron chi connectivity index (χ3n) is 0.997. The Balaban J connectivity index is 3.74. The van der Waals surface area contributed by atoms with Gasteiger partial charge in [-0.2, -0.15) is 0 Å². The zero-order chi connectivity index (χ0) is 7.11. The Morgan fingerprint density at radius 2 is 2.22 bits per heavy atom. The first-order valence-electron chi connectivity index (χ1n) is 3.27. The molecule has 0 aliphatic heterocycles. The van der Waals surface area contributed by atoms with Crippen LogP contribution in [0.1, 0.15) is 20.3 Å². The fourth-order valence-corrected chi connectivity index (χ4v) is 0.545. The van der Waals surface area contributed by atoms with E-state index >= 15 is 0 Å². The van der Waals surface area contributed by atoms with Gasteiger partial charge in [0, 0.05) is 0 Å². The van der Waals surface area contributed by atoms with Gasteiger partial charge in [0.2, 0.25) is 0 Å². The first-order chi connectivity index (χ1) is 4.31. The van der Waals surface area contributed by atoms with E-state index < -0.39 is 0 Å². The second kappa shape index (κ2) is 5.36. The minimum atomic E-state index is 1.10. The van der Waals surface area contributed by atoms with Gasteiger partial charge in [-0.1, -0.05) is 43.4 Å². The monoisotopic (exact) mass is 122 g/mol. The van der Waals surface area contributed by atoms with Crippen LogP contribution in [0.3, 0.4) is 0 Å². The molecule has 0 aliphatic carbocycles. The van der Waals surface area contributed by atoms with Crippen molar-refractivity contribution in [3.05, 3.63) is 36.5 Å². The van der Waals surface area contributed by atoms with E-state index in [0.717, 1.165) is 6.42 Å². The van der Waals surface area contributed by atoms with Gasteiger partial charge in [0.15, 0.2) is 0 Å². The Morgan fingerprint density at radius 1 is 1.56 bits per heavy atom. The van der Waals surface area contributed by atoms with Crippen molar-refractivity contribution in [3.63, 3.8) is 0 Å². The molecule has 0 aromatic rings. The fourth-order valence-electron chi connectivity index (χ4n) is 0.545. The maximum Gasteiger partial charge on any atom is -0.0376 e. The molecule has 0 unspecified atom stereocenters. The lowest BCUT2D eigenvalue weighted by molar-refractivity contribution is 1.22. The van der Waals surface area contributed by atoms with Crippen LogP contribution in [0, 0.1) is 0 Å². The van der Waals surface area contributed by atoms with E-state index in [1.807, 2.05) is 6.08 Å². The molecular weight excluding hydrogens is 108 g/mol. The summed E-state index contributed by atoms with van der Waals surface area (Å²) in [4.78, 5) is 0. The number of hydrogen-bond acceptors (Lipinski definition) is 0. The molecule has 0 spiro atoms. The second-order valence-corrected chi connectivity index (χ2v) is 1.96. The molecule has 0 aromatic carbocycles. The van der Waals surface area contributed by atoms with Gasteiger partial charge in [-0.15, -0.1) is 0 Å². The summed E-state index contributed by atoms with van der Waals surface area (Å²) in [6, 6.07) is 0. The van der Waals surface area contributed by atoms with Crippen molar-refractivity contribution >= 4 is 0 Å². The van der Waals surface area contributed by atoms with Gasteiger partial charge in [0.05, 0.1) is 0 Å². The predicted molar refractivity (Wildman–Crippen MR) is 43.4 cm³/mol. The van der Waals surface area contributed by atoms with Crippen LogP contribution < -0.4 is 0 Å². The molecule has 0 atom stereocenters. The van der Waals surface area contributed by atoms with Crippen molar-refractivity contribution in [1.29, 1.82) is 0 Å². The van der Waals surface area contributed by atoms with Gasteiger partial charge in [0.25, 0.3) is 0 Å². The number of hydrogen-bond donors (Lipinski definition) is 0. The molecule has 0 fully saturated rings. The van der Waals surface area contributed by atoms with Crippen LogP contribution in [0.5, 0.6) is 0 Å². The van der Waals surface area contributed by atoms with Crippen LogP contribution in [0.25, 0.3) is 0 Å². The van der Waals surface area contributed by atoms with Crippen molar-refractivity contribution < 1.29 is 0 Å². The van der Waals surface area contributed by atoms with E-state index in [0.29, 0.717) is 0 Å². The van der Waals surface area contributed by atoms with E-state index in [4.69, 9.17) is 0 Å². The molecule has 0 aromatic heterocycles. The average molecular weight is 122 g/mol. The minimum Gasteiger partial charge on any atom is -0.0991 e. The van der Waals surface area contributed by atoms with Gasteiger partial charge in [-0.3, -0.25) is 0 Å². The third kappa shape index (κ3) is 5.09. The molecule has 0 heterocycles. The van der Waals surface area contributed by atoms with Crippen LogP contribution in [-0.4, -0.2) is 0 Å². The molecule has 0 heteroatoms. The van der Waals surface area contributed by atoms with E-state index in [1.165, 1.54) is 5.57 Å². The molecule has 9 heavy (non-hydrogen) atoms. The van der Waals surface area contributed by atoms with Gasteiger partial charge in [-0.25, -0.2) is 0 Å². The van der Waals surface area contributed by atoms with Gasteiger partial charge < -0.3 is 0 Å². The summed E-state index contributed by atoms with van der Waals surface area (Å²) in [6.07, 6.45) is 9.13. The lowest BCUT2D eigenvalue weighted by Crippen LogP contribution is -1.63. The molecule has 0 rings (SSSR count). The van der Waals surface area contributed by atoms with Crippen molar-refractivity contribution in [2.24, 2.45) is 0 Å². The summed E-state index contributed by atoms with van der Waals surface area (Å²) in [6.45, 7) is 7.78. The quantitative estimate of drug-likeness (QED) is 0.504. The lowest BCUT2D eigenvalue weighted by Gasteiger charge is -1.84. The van der Waals surface area contributed by atoms with Crippen LogP contribution >= 0.6 is 0 Å². The normalized spacial score (nSPS) is 12.4. The summed E-state index contributed by atoms with van der Waals surface area (Å²) in [7, 11) is 0. The fraction of sp³-hybridized carbons (Fsp3) is 0.333. The Kier molecular flexibility index (Phi) is 4.89. The molecule has 50 valence electrons. The van der Waals surface area contributed by atoms with E-state index in [2.05, 4.69) is 32.6 Å². The van der Waals surface area contributed by atoms with Crippen molar-refractivity contribution in [2.45, 2.75) is 20.3 Å². The molecule has 0 aliphatic rings. The first kappa shape index (κ1) is 8.22. The molecule has 0 nitrogen and oxygen atoms in total. The number of allylic oxidation sites excluding steroid dienone is 5. The Labute approximate surface area is 57.6 Å². The average Bonchev–Trinajstić information content (AvgIpc) is 1.85. The Bertz CT molecular complexity index is 127. The standard InChI is InChI=1S/C9H14/c1-4-6-8-9(3)7-5-2/h5-8H,2,4H2,1,3H3/b8-6?,9-7-. The first-order valence-corrected chi connectivity index (χ1v) is 3.27. The molecule has 0 saturated heterocycles. The summed E-state index contributed by atoms with van der Waals surface area (Å²) in [5.41, 5.74) is 1.26. The molecule has 0 radical (unpaired) electrons. The van der Waals surface area contributed by atoms with Gasteiger partial charge in [-0.05, 0) is 13.3 Å². The highest BCUT2D eigenvalue weighted by molar-refractivity contribution is 5.20. The van der Waals surface area contributed by atoms with Crippen molar-refractivity contribution in [3.8, 4) is 0 Å². The van der Waals surface area contributed by atoms with Crippen LogP contribution in [0.15, 0.2) is 36.5 Å². The highest BCUT2D eigenvalue weighted by atomic mass is 13.8. The molecule has 0 amide bonds.